The lowest BCUT2D eigenvalue weighted by Gasteiger charge is -2.22. The van der Waals surface area contributed by atoms with E-state index in [1.54, 1.807) is 13.8 Å². The number of hydrogen-bond donors (Lipinski definition) is 1. The molecule has 1 aliphatic carbocycles. The summed E-state index contributed by atoms with van der Waals surface area (Å²) in [4.78, 5) is 11.3. The van der Waals surface area contributed by atoms with E-state index in [4.69, 9.17) is 15.2 Å². The number of carbonyl (C=O) groups excluding carboxylic acids is 1. The SMILES string of the molecule is CCOC(=O)C(C)OC1CCCC1CN. The van der Waals surface area contributed by atoms with Crippen LogP contribution in [0.25, 0.3) is 0 Å². The summed E-state index contributed by atoms with van der Waals surface area (Å²) in [6.45, 7) is 4.57. The Balaban J connectivity index is 2.36. The van der Waals surface area contributed by atoms with Crippen molar-refractivity contribution in [3.05, 3.63) is 0 Å². The minimum Gasteiger partial charge on any atom is -0.464 e. The highest BCUT2D eigenvalue weighted by molar-refractivity contribution is 5.74. The van der Waals surface area contributed by atoms with Crippen LogP contribution in [0.4, 0.5) is 0 Å². The van der Waals surface area contributed by atoms with Gasteiger partial charge in [-0.15, -0.1) is 0 Å². The Hall–Kier alpha value is -0.610. The van der Waals surface area contributed by atoms with Gasteiger partial charge in [0.15, 0.2) is 6.10 Å². The van der Waals surface area contributed by atoms with Crippen LogP contribution in [0, 0.1) is 5.92 Å². The third kappa shape index (κ3) is 3.47. The van der Waals surface area contributed by atoms with Gasteiger partial charge in [-0.05, 0) is 39.2 Å². The summed E-state index contributed by atoms with van der Waals surface area (Å²) in [6.07, 6.45) is 2.92. The highest BCUT2D eigenvalue weighted by Gasteiger charge is 2.30. The second kappa shape index (κ2) is 6.08. The zero-order valence-corrected chi connectivity index (χ0v) is 9.57. The van der Waals surface area contributed by atoms with Crippen LogP contribution in [0.3, 0.4) is 0 Å². The molecule has 1 rings (SSSR count). The minimum atomic E-state index is -0.470. The van der Waals surface area contributed by atoms with Crippen LogP contribution in [-0.2, 0) is 14.3 Å². The number of nitrogens with two attached hydrogens (primary N) is 1. The molecule has 0 aromatic heterocycles. The Kier molecular flexibility index (Phi) is 5.05. The molecule has 0 aliphatic heterocycles. The predicted octanol–water partition coefficient (Wildman–Crippen LogP) is 1.08. The van der Waals surface area contributed by atoms with Gasteiger partial charge in [-0.25, -0.2) is 4.79 Å². The number of hydrogen-bond acceptors (Lipinski definition) is 4. The second-order valence-electron chi connectivity index (χ2n) is 4.00. The summed E-state index contributed by atoms with van der Waals surface area (Å²) in [5.74, 6) is 0.127. The van der Waals surface area contributed by atoms with Crippen molar-refractivity contribution in [2.45, 2.75) is 45.3 Å². The van der Waals surface area contributed by atoms with Crippen LogP contribution < -0.4 is 5.73 Å². The first-order valence-corrected chi connectivity index (χ1v) is 5.71. The number of carbonyl (C=O) groups is 1. The average Bonchev–Trinajstić information content (AvgIpc) is 2.65. The molecule has 0 aromatic rings. The molecule has 4 nitrogen and oxygen atoms in total. The summed E-state index contributed by atoms with van der Waals surface area (Å²) in [6, 6.07) is 0. The first-order valence-electron chi connectivity index (χ1n) is 5.71. The average molecular weight is 215 g/mol. The number of esters is 1. The van der Waals surface area contributed by atoms with Crippen molar-refractivity contribution in [2.75, 3.05) is 13.2 Å². The topological polar surface area (TPSA) is 61.5 Å². The smallest absolute Gasteiger partial charge is 0.334 e. The van der Waals surface area contributed by atoms with Crippen molar-refractivity contribution in [1.29, 1.82) is 0 Å². The molecule has 0 amide bonds. The summed E-state index contributed by atoms with van der Waals surface area (Å²) in [7, 11) is 0. The van der Waals surface area contributed by atoms with Gasteiger partial charge < -0.3 is 15.2 Å². The van der Waals surface area contributed by atoms with E-state index >= 15 is 0 Å². The summed E-state index contributed by atoms with van der Waals surface area (Å²) >= 11 is 0. The van der Waals surface area contributed by atoms with Crippen LogP contribution in [0.5, 0.6) is 0 Å². The maximum atomic E-state index is 11.3. The second-order valence-corrected chi connectivity index (χ2v) is 4.00. The summed E-state index contributed by atoms with van der Waals surface area (Å²) < 4.78 is 10.6. The lowest BCUT2D eigenvalue weighted by atomic mass is 10.1. The van der Waals surface area contributed by atoms with Gasteiger partial charge in [0.2, 0.25) is 0 Å². The molecule has 0 bridgehead atoms. The normalized spacial score (nSPS) is 27.7. The molecule has 0 aromatic carbocycles. The van der Waals surface area contributed by atoms with Crippen LogP contribution in [0.15, 0.2) is 0 Å². The fraction of sp³-hybridized carbons (Fsp3) is 0.909. The first kappa shape index (κ1) is 12.5. The van der Waals surface area contributed by atoms with Crippen LogP contribution in [-0.4, -0.2) is 31.3 Å². The molecule has 3 atom stereocenters. The number of rotatable bonds is 5. The molecule has 1 fully saturated rings. The van der Waals surface area contributed by atoms with Gasteiger partial charge in [0, 0.05) is 0 Å². The van der Waals surface area contributed by atoms with Gasteiger partial charge in [0.25, 0.3) is 0 Å². The highest BCUT2D eigenvalue weighted by atomic mass is 16.6. The largest absolute Gasteiger partial charge is 0.464 e. The van der Waals surface area contributed by atoms with E-state index in [1.807, 2.05) is 0 Å². The molecule has 0 heterocycles. The van der Waals surface area contributed by atoms with Gasteiger partial charge in [0.05, 0.1) is 12.7 Å². The molecule has 1 saturated carbocycles. The van der Waals surface area contributed by atoms with Crippen molar-refractivity contribution in [1.82, 2.24) is 0 Å². The van der Waals surface area contributed by atoms with Gasteiger partial charge >= 0.3 is 5.97 Å². The van der Waals surface area contributed by atoms with Gasteiger partial charge in [0.1, 0.15) is 0 Å². The first-order chi connectivity index (χ1) is 7.19. The van der Waals surface area contributed by atoms with E-state index in [0.29, 0.717) is 19.1 Å². The van der Waals surface area contributed by atoms with Gasteiger partial charge in [-0.3, -0.25) is 0 Å². The molecule has 3 unspecified atom stereocenters. The zero-order chi connectivity index (χ0) is 11.3. The van der Waals surface area contributed by atoms with E-state index in [-0.39, 0.29) is 12.1 Å². The van der Waals surface area contributed by atoms with Crippen LogP contribution in [0.2, 0.25) is 0 Å². The molecule has 2 N–H and O–H groups in total. The quantitative estimate of drug-likeness (QED) is 0.697. The maximum absolute atomic E-state index is 11.3. The molecular formula is C11H21NO3. The lowest BCUT2D eigenvalue weighted by Crippen LogP contribution is -2.33. The van der Waals surface area contributed by atoms with Crippen LogP contribution in [0.1, 0.15) is 33.1 Å². The Morgan fingerprint density at radius 1 is 1.53 bits per heavy atom. The third-order valence-electron chi connectivity index (χ3n) is 2.89. The Labute approximate surface area is 91.1 Å². The number of ether oxygens (including phenoxy) is 2. The Bertz CT molecular complexity index is 208. The van der Waals surface area contributed by atoms with Crippen molar-refractivity contribution in [3.63, 3.8) is 0 Å². The fourth-order valence-corrected chi connectivity index (χ4v) is 2.03. The van der Waals surface area contributed by atoms with Gasteiger partial charge in [-0.1, -0.05) is 6.42 Å². The monoisotopic (exact) mass is 215 g/mol. The lowest BCUT2D eigenvalue weighted by molar-refractivity contribution is -0.160. The van der Waals surface area contributed by atoms with Crippen molar-refractivity contribution in [3.8, 4) is 0 Å². The Morgan fingerprint density at radius 2 is 2.27 bits per heavy atom. The molecular weight excluding hydrogens is 194 g/mol. The van der Waals surface area contributed by atoms with Crippen molar-refractivity contribution < 1.29 is 14.3 Å². The molecule has 15 heavy (non-hydrogen) atoms. The third-order valence-corrected chi connectivity index (χ3v) is 2.89. The predicted molar refractivity (Wildman–Crippen MR) is 57.4 cm³/mol. The van der Waals surface area contributed by atoms with Crippen LogP contribution >= 0.6 is 0 Å². The summed E-state index contributed by atoms with van der Waals surface area (Å²) in [5.41, 5.74) is 5.64. The molecule has 4 heteroatoms. The van der Waals surface area contributed by atoms with E-state index in [1.165, 1.54) is 0 Å². The Morgan fingerprint density at radius 3 is 2.87 bits per heavy atom. The maximum Gasteiger partial charge on any atom is 0.334 e. The molecule has 0 radical (unpaired) electrons. The van der Waals surface area contributed by atoms with Crippen molar-refractivity contribution in [2.24, 2.45) is 11.7 Å². The molecule has 0 spiro atoms. The van der Waals surface area contributed by atoms with E-state index in [9.17, 15) is 4.79 Å². The zero-order valence-electron chi connectivity index (χ0n) is 9.57. The standard InChI is InChI=1S/C11H21NO3/c1-3-14-11(13)8(2)15-10-6-4-5-9(10)7-12/h8-10H,3-7,12H2,1-2H3. The van der Waals surface area contributed by atoms with E-state index in [2.05, 4.69) is 0 Å². The molecule has 1 aliphatic rings. The minimum absolute atomic E-state index is 0.134. The van der Waals surface area contributed by atoms with Crippen molar-refractivity contribution >= 4 is 5.97 Å². The van der Waals surface area contributed by atoms with E-state index in [0.717, 1.165) is 19.3 Å². The molecule has 88 valence electrons. The molecule has 0 saturated heterocycles. The van der Waals surface area contributed by atoms with Gasteiger partial charge in [-0.2, -0.15) is 0 Å². The van der Waals surface area contributed by atoms with E-state index < -0.39 is 6.10 Å². The highest BCUT2D eigenvalue weighted by Crippen LogP contribution is 2.28. The fourth-order valence-electron chi connectivity index (χ4n) is 2.03. The summed E-state index contributed by atoms with van der Waals surface area (Å²) in [5, 5.41) is 0.